The van der Waals surface area contributed by atoms with Gasteiger partial charge in [0.05, 0.1) is 24.9 Å². The lowest BCUT2D eigenvalue weighted by Gasteiger charge is -2.23. The maximum absolute atomic E-state index is 13.6. The molecule has 0 spiro atoms. The molecule has 0 saturated carbocycles. The summed E-state index contributed by atoms with van der Waals surface area (Å²) in [4.78, 5) is 15.3. The van der Waals surface area contributed by atoms with Crippen LogP contribution in [0.2, 0.25) is 0 Å². The molecule has 0 N–H and O–H groups in total. The first-order valence-electron chi connectivity index (χ1n) is 10.6. The number of hydrogen-bond donors (Lipinski definition) is 0. The van der Waals surface area contributed by atoms with Gasteiger partial charge in [-0.05, 0) is 71.3 Å². The number of tetrazole rings is 1. The highest BCUT2D eigenvalue weighted by Crippen LogP contribution is 2.24. The Bertz CT molecular complexity index is 1400. The average Bonchev–Trinajstić information content (AvgIpc) is 3.50. The monoisotopic (exact) mass is 425 g/mol. The minimum atomic E-state index is -0.0625. The SMILES string of the molecule is CCc1ccc2c(c1)cc(CN(Cc1ccco1)C(=O)c1ccccc1C)c1nnnn12. The van der Waals surface area contributed by atoms with E-state index in [4.69, 9.17) is 4.42 Å². The number of rotatable bonds is 6. The normalized spacial score (nSPS) is 11.3. The van der Waals surface area contributed by atoms with Crippen molar-refractivity contribution in [1.29, 1.82) is 0 Å². The van der Waals surface area contributed by atoms with Crippen molar-refractivity contribution in [2.24, 2.45) is 0 Å². The molecule has 5 rings (SSSR count). The lowest BCUT2D eigenvalue weighted by molar-refractivity contribution is 0.0717. The zero-order valence-electron chi connectivity index (χ0n) is 18.0. The highest BCUT2D eigenvalue weighted by molar-refractivity contribution is 5.95. The molecule has 32 heavy (non-hydrogen) atoms. The van der Waals surface area contributed by atoms with E-state index in [-0.39, 0.29) is 5.91 Å². The summed E-state index contributed by atoms with van der Waals surface area (Å²) in [5.41, 5.74) is 5.30. The molecule has 7 heteroatoms. The van der Waals surface area contributed by atoms with Gasteiger partial charge in [-0.2, -0.15) is 4.52 Å². The summed E-state index contributed by atoms with van der Waals surface area (Å²) >= 11 is 0. The van der Waals surface area contributed by atoms with Crippen molar-refractivity contribution >= 4 is 22.5 Å². The van der Waals surface area contributed by atoms with Gasteiger partial charge in [-0.15, -0.1) is 5.10 Å². The van der Waals surface area contributed by atoms with Gasteiger partial charge in [-0.3, -0.25) is 4.79 Å². The van der Waals surface area contributed by atoms with Gasteiger partial charge in [0.2, 0.25) is 0 Å². The zero-order chi connectivity index (χ0) is 22.1. The second-order valence-corrected chi connectivity index (χ2v) is 7.89. The van der Waals surface area contributed by atoms with Gasteiger partial charge < -0.3 is 9.32 Å². The van der Waals surface area contributed by atoms with Gasteiger partial charge in [0, 0.05) is 16.5 Å². The van der Waals surface area contributed by atoms with E-state index in [2.05, 4.69) is 40.6 Å². The Hall–Kier alpha value is -4.00. The lowest BCUT2D eigenvalue weighted by Crippen LogP contribution is -2.30. The quantitative estimate of drug-likeness (QED) is 0.398. The summed E-state index contributed by atoms with van der Waals surface area (Å²) in [7, 11) is 0. The minimum absolute atomic E-state index is 0.0625. The molecular weight excluding hydrogens is 402 g/mol. The molecule has 7 nitrogen and oxygen atoms in total. The van der Waals surface area contributed by atoms with Crippen molar-refractivity contribution in [2.45, 2.75) is 33.4 Å². The molecule has 0 radical (unpaired) electrons. The molecule has 0 aliphatic rings. The first-order chi connectivity index (χ1) is 15.6. The molecule has 0 fully saturated rings. The maximum atomic E-state index is 13.6. The number of carbonyl (C=O) groups excluding carboxylic acids is 1. The second kappa shape index (κ2) is 8.26. The molecule has 0 bridgehead atoms. The number of carbonyl (C=O) groups is 1. The van der Waals surface area contributed by atoms with Crippen LogP contribution in [0.5, 0.6) is 0 Å². The Kier molecular flexibility index (Phi) is 5.15. The van der Waals surface area contributed by atoms with Crippen LogP contribution < -0.4 is 0 Å². The molecule has 3 heterocycles. The standard InChI is InChI=1S/C25H23N5O2/c1-3-18-10-11-23-19(13-18)14-20(24-26-27-28-30(23)24)15-29(16-21-8-6-12-32-21)25(31)22-9-5-4-7-17(22)2/h4-14H,3,15-16H2,1-2H3. The van der Waals surface area contributed by atoms with Crippen LogP contribution in [0.25, 0.3) is 16.6 Å². The number of furan rings is 1. The highest BCUT2D eigenvalue weighted by atomic mass is 16.3. The molecule has 5 aromatic rings. The number of hydrogen-bond acceptors (Lipinski definition) is 5. The van der Waals surface area contributed by atoms with E-state index in [1.54, 1.807) is 15.7 Å². The van der Waals surface area contributed by atoms with Crippen LogP contribution in [-0.4, -0.2) is 30.8 Å². The highest BCUT2D eigenvalue weighted by Gasteiger charge is 2.21. The van der Waals surface area contributed by atoms with Gasteiger partial charge in [0.25, 0.3) is 5.91 Å². The fourth-order valence-corrected chi connectivity index (χ4v) is 4.03. The van der Waals surface area contributed by atoms with E-state index < -0.39 is 0 Å². The second-order valence-electron chi connectivity index (χ2n) is 7.89. The van der Waals surface area contributed by atoms with Gasteiger partial charge >= 0.3 is 0 Å². The topological polar surface area (TPSA) is 76.5 Å². The molecule has 0 aliphatic carbocycles. The molecule has 2 aromatic carbocycles. The molecule has 0 aliphatic heterocycles. The summed E-state index contributed by atoms with van der Waals surface area (Å²) in [5.74, 6) is 0.657. The third kappa shape index (κ3) is 3.62. The number of amides is 1. The van der Waals surface area contributed by atoms with E-state index in [1.807, 2.05) is 49.4 Å². The Morgan fingerprint density at radius 2 is 1.94 bits per heavy atom. The Morgan fingerprint density at radius 1 is 1.06 bits per heavy atom. The Balaban J connectivity index is 1.60. The van der Waals surface area contributed by atoms with E-state index in [0.717, 1.165) is 34.2 Å². The van der Waals surface area contributed by atoms with Gasteiger partial charge in [-0.25, -0.2) is 0 Å². The summed E-state index contributed by atoms with van der Waals surface area (Å²) in [6, 6.07) is 19.7. The van der Waals surface area contributed by atoms with E-state index in [1.165, 1.54) is 5.56 Å². The summed E-state index contributed by atoms with van der Waals surface area (Å²) in [5, 5.41) is 13.4. The molecule has 3 aromatic heterocycles. The van der Waals surface area contributed by atoms with E-state index >= 15 is 0 Å². The summed E-state index contributed by atoms with van der Waals surface area (Å²) in [6.45, 7) is 4.77. The lowest BCUT2D eigenvalue weighted by atomic mass is 10.1. The zero-order valence-corrected chi connectivity index (χ0v) is 18.0. The molecule has 160 valence electrons. The van der Waals surface area contributed by atoms with Crippen LogP contribution in [0.15, 0.2) is 71.3 Å². The van der Waals surface area contributed by atoms with Gasteiger partial charge in [0.1, 0.15) is 5.76 Å². The fraction of sp³-hybridized carbons (Fsp3) is 0.200. The number of nitrogens with zero attached hydrogens (tertiary/aromatic N) is 5. The average molecular weight is 425 g/mol. The van der Waals surface area contributed by atoms with Crippen molar-refractivity contribution in [3.8, 4) is 0 Å². The molecule has 0 atom stereocenters. The first kappa shape index (κ1) is 19.9. The van der Waals surface area contributed by atoms with Gasteiger partial charge in [-0.1, -0.05) is 31.2 Å². The number of benzene rings is 2. The molecule has 1 amide bonds. The van der Waals surface area contributed by atoms with Crippen molar-refractivity contribution < 1.29 is 9.21 Å². The van der Waals surface area contributed by atoms with Gasteiger partial charge in [0.15, 0.2) is 5.65 Å². The van der Waals surface area contributed by atoms with Crippen LogP contribution in [0.1, 0.15) is 39.7 Å². The van der Waals surface area contributed by atoms with E-state index in [0.29, 0.717) is 24.3 Å². The molecular formula is C25H23N5O2. The minimum Gasteiger partial charge on any atom is -0.467 e. The van der Waals surface area contributed by atoms with Crippen LogP contribution in [-0.2, 0) is 19.5 Å². The fourth-order valence-electron chi connectivity index (χ4n) is 4.03. The van der Waals surface area contributed by atoms with Crippen LogP contribution >= 0.6 is 0 Å². The van der Waals surface area contributed by atoms with Crippen molar-refractivity contribution in [3.63, 3.8) is 0 Å². The summed E-state index contributed by atoms with van der Waals surface area (Å²) < 4.78 is 7.30. The Labute approximate surface area is 185 Å². The van der Waals surface area contributed by atoms with Crippen LogP contribution in [0.3, 0.4) is 0 Å². The predicted octanol–water partition coefficient (Wildman–Crippen LogP) is 4.58. The third-order valence-corrected chi connectivity index (χ3v) is 5.77. The van der Waals surface area contributed by atoms with Crippen LogP contribution in [0.4, 0.5) is 0 Å². The molecule has 0 unspecified atom stereocenters. The van der Waals surface area contributed by atoms with Crippen LogP contribution in [0, 0.1) is 6.92 Å². The van der Waals surface area contributed by atoms with Crippen molar-refractivity contribution in [3.05, 3.63) is 94.9 Å². The van der Waals surface area contributed by atoms with E-state index in [9.17, 15) is 4.79 Å². The summed E-state index contributed by atoms with van der Waals surface area (Å²) in [6.07, 6.45) is 2.56. The number of aromatic nitrogens is 4. The number of aryl methyl sites for hydroxylation is 2. The predicted molar refractivity (Wildman–Crippen MR) is 121 cm³/mol. The molecule has 0 saturated heterocycles. The smallest absolute Gasteiger partial charge is 0.254 e. The first-order valence-corrected chi connectivity index (χ1v) is 10.6. The number of pyridine rings is 1. The van der Waals surface area contributed by atoms with Crippen molar-refractivity contribution in [2.75, 3.05) is 0 Å². The van der Waals surface area contributed by atoms with Crippen molar-refractivity contribution in [1.82, 2.24) is 24.9 Å². The largest absolute Gasteiger partial charge is 0.467 e. The number of fused-ring (bicyclic) bond motifs is 3. The Morgan fingerprint density at radius 3 is 2.72 bits per heavy atom. The maximum Gasteiger partial charge on any atom is 0.254 e. The third-order valence-electron chi connectivity index (χ3n) is 5.77.